The summed E-state index contributed by atoms with van der Waals surface area (Å²) in [6.45, 7) is 2.34. The second kappa shape index (κ2) is 7.26. The lowest BCUT2D eigenvalue weighted by Gasteiger charge is -2.43. The number of carbonyl (C=O) groups is 2. The van der Waals surface area contributed by atoms with Crippen molar-refractivity contribution < 1.29 is 27.9 Å². The molecule has 0 saturated carbocycles. The molecule has 0 bridgehead atoms. The van der Waals surface area contributed by atoms with Crippen LogP contribution in [-0.2, 0) is 4.79 Å². The van der Waals surface area contributed by atoms with Crippen LogP contribution in [0.2, 0.25) is 0 Å². The molecule has 1 fully saturated rings. The number of benzene rings is 1. The number of aliphatic hydroxyl groups is 1. The predicted octanol–water partition coefficient (Wildman–Crippen LogP) is 2.31. The molecule has 0 spiro atoms. The average molecular weight is 372 g/mol. The molecule has 2 rings (SSSR count). The minimum atomic E-state index is -5.04. The molecule has 5 nitrogen and oxygen atoms in total. The van der Waals surface area contributed by atoms with Crippen LogP contribution in [0.15, 0.2) is 30.3 Å². The molecular weight excluding hydrogens is 349 g/mol. The fourth-order valence-corrected chi connectivity index (χ4v) is 3.26. The zero-order valence-electron chi connectivity index (χ0n) is 15.0. The van der Waals surface area contributed by atoms with Crippen LogP contribution < -0.4 is 0 Å². The first kappa shape index (κ1) is 20.2. The highest BCUT2D eigenvalue weighted by Crippen LogP contribution is 2.33. The van der Waals surface area contributed by atoms with E-state index in [9.17, 15) is 27.9 Å². The SMILES string of the molecule is CC1CN(C(=O)[C@@](C)(O)C(F)(F)F)CCC1N(C)C(=O)c1ccccc1. The van der Waals surface area contributed by atoms with E-state index in [4.69, 9.17) is 0 Å². The van der Waals surface area contributed by atoms with E-state index in [1.807, 2.05) is 0 Å². The van der Waals surface area contributed by atoms with Crippen LogP contribution in [0.3, 0.4) is 0 Å². The summed E-state index contributed by atoms with van der Waals surface area (Å²) < 4.78 is 38.7. The summed E-state index contributed by atoms with van der Waals surface area (Å²) in [6, 6.07) is 8.50. The van der Waals surface area contributed by atoms with Gasteiger partial charge in [0.05, 0.1) is 0 Å². The summed E-state index contributed by atoms with van der Waals surface area (Å²) in [7, 11) is 1.65. The molecule has 8 heteroatoms. The van der Waals surface area contributed by atoms with Gasteiger partial charge in [-0.1, -0.05) is 25.1 Å². The highest BCUT2D eigenvalue weighted by Gasteiger charge is 2.57. The number of rotatable bonds is 3. The van der Waals surface area contributed by atoms with Crippen molar-refractivity contribution in [3.05, 3.63) is 35.9 Å². The van der Waals surface area contributed by atoms with E-state index >= 15 is 0 Å². The van der Waals surface area contributed by atoms with Gasteiger partial charge in [0.1, 0.15) is 0 Å². The average Bonchev–Trinajstić information content (AvgIpc) is 2.59. The fraction of sp³-hybridized carbons (Fsp3) is 0.556. The van der Waals surface area contributed by atoms with Gasteiger partial charge in [-0.25, -0.2) is 0 Å². The third-order valence-corrected chi connectivity index (χ3v) is 4.95. The second-order valence-electron chi connectivity index (χ2n) is 6.94. The minimum absolute atomic E-state index is 0.0438. The Hall–Kier alpha value is -2.09. The molecule has 1 aliphatic heterocycles. The first-order valence-corrected chi connectivity index (χ1v) is 8.37. The lowest BCUT2D eigenvalue weighted by Crippen LogP contribution is -2.60. The highest BCUT2D eigenvalue weighted by molar-refractivity contribution is 5.94. The second-order valence-corrected chi connectivity index (χ2v) is 6.94. The molecule has 0 radical (unpaired) electrons. The standard InChI is InChI=1S/C18H23F3N2O3/c1-12-11-23(16(25)17(2,26)18(19,20)21)10-9-14(12)22(3)15(24)13-7-5-4-6-8-13/h4-8,12,14,26H,9-11H2,1-3H3/t12?,14?,17-/m1/s1. The Morgan fingerprint density at radius 1 is 1.23 bits per heavy atom. The molecule has 0 aliphatic carbocycles. The molecule has 26 heavy (non-hydrogen) atoms. The maximum Gasteiger partial charge on any atom is 0.426 e. The molecule has 1 N–H and O–H groups in total. The topological polar surface area (TPSA) is 60.9 Å². The van der Waals surface area contributed by atoms with Crippen LogP contribution in [0.5, 0.6) is 0 Å². The summed E-state index contributed by atoms with van der Waals surface area (Å²) >= 11 is 0. The third-order valence-electron chi connectivity index (χ3n) is 4.95. The number of hydrogen-bond donors (Lipinski definition) is 1. The predicted molar refractivity (Wildman–Crippen MR) is 89.4 cm³/mol. The monoisotopic (exact) mass is 372 g/mol. The van der Waals surface area contributed by atoms with E-state index in [1.165, 1.54) is 0 Å². The Kier molecular flexibility index (Phi) is 5.65. The van der Waals surface area contributed by atoms with Gasteiger partial charge in [-0.3, -0.25) is 9.59 Å². The molecule has 3 atom stereocenters. The third kappa shape index (κ3) is 3.85. The molecule has 1 saturated heterocycles. The van der Waals surface area contributed by atoms with Gasteiger partial charge in [-0.05, 0) is 31.4 Å². The van der Waals surface area contributed by atoms with Gasteiger partial charge in [-0.15, -0.1) is 0 Å². The fourth-order valence-electron chi connectivity index (χ4n) is 3.26. The van der Waals surface area contributed by atoms with Crippen molar-refractivity contribution in [1.82, 2.24) is 9.80 Å². The first-order chi connectivity index (χ1) is 12.0. The van der Waals surface area contributed by atoms with Crippen molar-refractivity contribution in [3.63, 3.8) is 0 Å². The lowest BCUT2D eigenvalue weighted by molar-refractivity contribution is -0.251. The quantitative estimate of drug-likeness (QED) is 0.886. The van der Waals surface area contributed by atoms with Gasteiger partial charge in [0.25, 0.3) is 11.8 Å². The van der Waals surface area contributed by atoms with Crippen molar-refractivity contribution in [2.45, 2.75) is 38.1 Å². The van der Waals surface area contributed by atoms with Gasteiger partial charge in [-0.2, -0.15) is 13.2 Å². The van der Waals surface area contributed by atoms with Crippen molar-refractivity contribution >= 4 is 11.8 Å². The van der Waals surface area contributed by atoms with Crippen LogP contribution in [0.4, 0.5) is 13.2 Å². The van der Waals surface area contributed by atoms with Crippen LogP contribution in [0.1, 0.15) is 30.6 Å². The Bertz CT molecular complexity index is 661. The first-order valence-electron chi connectivity index (χ1n) is 8.37. The molecular formula is C18H23F3N2O3. The number of amides is 2. The number of likely N-dealkylation sites (tertiary alicyclic amines) is 1. The van der Waals surface area contributed by atoms with E-state index < -0.39 is 17.7 Å². The lowest BCUT2D eigenvalue weighted by atomic mass is 9.90. The summed E-state index contributed by atoms with van der Waals surface area (Å²) in [5, 5.41) is 9.59. The van der Waals surface area contributed by atoms with Crippen LogP contribution in [0.25, 0.3) is 0 Å². The van der Waals surface area contributed by atoms with E-state index in [-0.39, 0.29) is 31.0 Å². The molecule has 1 aromatic carbocycles. The highest BCUT2D eigenvalue weighted by atomic mass is 19.4. The van der Waals surface area contributed by atoms with Crippen molar-refractivity contribution in [3.8, 4) is 0 Å². The summed E-state index contributed by atoms with van der Waals surface area (Å²) in [4.78, 5) is 27.3. The zero-order chi connectivity index (χ0) is 19.7. The van der Waals surface area contributed by atoms with E-state index in [2.05, 4.69) is 0 Å². The van der Waals surface area contributed by atoms with Gasteiger partial charge >= 0.3 is 6.18 Å². The molecule has 2 unspecified atom stereocenters. The Morgan fingerprint density at radius 2 is 1.81 bits per heavy atom. The normalized spacial score (nSPS) is 23.3. The summed E-state index contributed by atoms with van der Waals surface area (Å²) in [5.74, 6) is -1.76. The van der Waals surface area contributed by atoms with E-state index in [0.29, 0.717) is 18.9 Å². The van der Waals surface area contributed by atoms with E-state index in [1.54, 1.807) is 49.2 Å². The summed E-state index contributed by atoms with van der Waals surface area (Å²) in [6.07, 6.45) is -4.69. The van der Waals surface area contributed by atoms with Crippen LogP contribution in [-0.4, -0.2) is 64.7 Å². The zero-order valence-corrected chi connectivity index (χ0v) is 15.0. The van der Waals surface area contributed by atoms with Crippen LogP contribution in [0, 0.1) is 5.92 Å². The Balaban J connectivity index is 2.06. The molecule has 2 amide bonds. The van der Waals surface area contributed by atoms with E-state index in [0.717, 1.165) is 4.90 Å². The number of halogens is 3. The molecule has 0 aromatic heterocycles. The van der Waals surface area contributed by atoms with Gasteiger partial charge in [0, 0.05) is 31.7 Å². The van der Waals surface area contributed by atoms with Crippen LogP contribution >= 0.6 is 0 Å². The number of hydrogen-bond acceptors (Lipinski definition) is 3. The maximum absolute atomic E-state index is 12.9. The van der Waals surface area contributed by atoms with Gasteiger partial charge in [0.15, 0.2) is 0 Å². The Labute approximate surface area is 150 Å². The smallest absolute Gasteiger partial charge is 0.373 e. The van der Waals surface area contributed by atoms with Gasteiger partial charge in [0.2, 0.25) is 5.60 Å². The molecule has 1 aromatic rings. The molecule has 144 valence electrons. The molecule has 1 heterocycles. The summed E-state index contributed by atoms with van der Waals surface area (Å²) in [5.41, 5.74) is -2.88. The molecule has 1 aliphatic rings. The van der Waals surface area contributed by atoms with Crippen molar-refractivity contribution in [1.29, 1.82) is 0 Å². The number of carbonyl (C=O) groups excluding carboxylic acids is 2. The largest absolute Gasteiger partial charge is 0.426 e. The van der Waals surface area contributed by atoms with Gasteiger partial charge < -0.3 is 14.9 Å². The minimum Gasteiger partial charge on any atom is -0.373 e. The number of alkyl halides is 3. The van der Waals surface area contributed by atoms with Crippen molar-refractivity contribution in [2.24, 2.45) is 5.92 Å². The van der Waals surface area contributed by atoms with Crippen molar-refractivity contribution in [2.75, 3.05) is 20.1 Å². The number of piperidine rings is 1. The maximum atomic E-state index is 12.9. The Morgan fingerprint density at radius 3 is 2.31 bits per heavy atom. The number of nitrogens with zero attached hydrogens (tertiary/aromatic N) is 2.